The summed E-state index contributed by atoms with van der Waals surface area (Å²) < 4.78 is 27.7. The molecule has 0 saturated heterocycles. The Morgan fingerprint density at radius 2 is 1.67 bits per heavy atom. The fourth-order valence-electron chi connectivity index (χ4n) is 2.43. The van der Waals surface area contributed by atoms with Crippen LogP contribution in [-0.2, 0) is 14.8 Å². The van der Waals surface area contributed by atoms with Gasteiger partial charge in [-0.2, -0.15) is 4.31 Å². The van der Waals surface area contributed by atoms with Gasteiger partial charge in [0.25, 0.3) is 0 Å². The van der Waals surface area contributed by atoms with Crippen LogP contribution in [0.15, 0.2) is 51.8 Å². The number of carbonyl (C=O) groups excluding carboxylic acids is 1. The molecule has 0 spiro atoms. The van der Waals surface area contributed by atoms with Crippen LogP contribution < -0.4 is 10.6 Å². The van der Waals surface area contributed by atoms with Crippen LogP contribution in [0.1, 0.15) is 13.8 Å². The lowest BCUT2D eigenvalue weighted by atomic mass is 10.3. The fraction of sp³-hybridized carbons (Fsp3) is 0.278. The van der Waals surface area contributed by atoms with Gasteiger partial charge in [-0.3, -0.25) is 4.79 Å². The smallest absolute Gasteiger partial charge is 0.244 e. The number of hydrogen-bond donors (Lipinski definition) is 2. The highest BCUT2D eigenvalue weighted by Crippen LogP contribution is 2.27. The Balaban J connectivity index is 2.09. The van der Waals surface area contributed by atoms with E-state index < -0.39 is 10.0 Å². The molecule has 2 aromatic carbocycles. The number of nitrogens with one attached hydrogen (secondary N) is 2. The molecular formula is C18H21BrClN3O3S. The molecule has 0 saturated carbocycles. The number of sulfonamides is 1. The van der Waals surface area contributed by atoms with Crippen molar-refractivity contribution in [2.45, 2.75) is 18.7 Å². The third-order valence-corrected chi connectivity index (χ3v) is 6.90. The number of carbonyl (C=O) groups is 1. The van der Waals surface area contributed by atoms with Gasteiger partial charge in [-0.25, -0.2) is 8.42 Å². The first-order valence-corrected chi connectivity index (χ1v) is 11.0. The molecule has 1 amide bonds. The summed E-state index contributed by atoms with van der Waals surface area (Å²) in [6, 6.07) is 11.8. The van der Waals surface area contributed by atoms with Crippen molar-refractivity contribution in [1.82, 2.24) is 4.31 Å². The number of halogens is 2. The van der Waals surface area contributed by atoms with Crippen LogP contribution in [0.5, 0.6) is 0 Å². The molecule has 0 atom stereocenters. The molecule has 0 bridgehead atoms. The van der Waals surface area contributed by atoms with E-state index in [4.69, 9.17) is 11.6 Å². The van der Waals surface area contributed by atoms with Crippen LogP contribution >= 0.6 is 27.5 Å². The first-order chi connectivity index (χ1) is 12.8. The zero-order valence-corrected chi connectivity index (χ0v) is 18.2. The fourth-order valence-corrected chi connectivity index (χ4v) is 4.66. The predicted octanol–water partition coefficient (Wildman–Crippen LogP) is 4.18. The van der Waals surface area contributed by atoms with E-state index in [1.807, 2.05) is 12.1 Å². The minimum Gasteiger partial charge on any atom is -0.376 e. The normalized spacial score (nSPS) is 11.4. The number of rotatable bonds is 8. The molecule has 0 aliphatic rings. The van der Waals surface area contributed by atoms with Gasteiger partial charge in [-0.1, -0.05) is 41.4 Å². The third kappa shape index (κ3) is 5.68. The Hall–Kier alpha value is -1.61. The molecule has 2 rings (SSSR count). The lowest BCUT2D eigenvalue weighted by Crippen LogP contribution is -2.31. The molecule has 0 aliphatic carbocycles. The van der Waals surface area contributed by atoms with Crippen molar-refractivity contribution in [3.05, 3.63) is 52.0 Å². The van der Waals surface area contributed by atoms with E-state index >= 15 is 0 Å². The lowest BCUT2D eigenvalue weighted by Gasteiger charge is -2.20. The molecule has 0 unspecified atom stereocenters. The standard InChI is InChI=1S/C18H21BrClN3O3S/c1-3-23(4-2)27(25,26)17-11-15(9-10-16(17)20)21-12-18(24)22-14-7-5-13(19)6-8-14/h5-11,21H,3-4,12H2,1-2H3,(H,22,24). The van der Waals surface area contributed by atoms with Gasteiger partial charge in [0.1, 0.15) is 4.90 Å². The first kappa shape index (κ1) is 21.7. The van der Waals surface area contributed by atoms with Crippen molar-refractivity contribution in [2.75, 3.05) is 30.3 Å². The van der Waals surface area contributed by atoms with E-state index in [0.29, 0.717) is 24.5 Å². The van der Waals surface area contributed by atoms with Crippen LogP contribution in [0.3, 0.4) is 0 Å². The SMILES string of the molecule is CCN(CC)S(=O)(=O)c1cc(NCC(=O)Nc2ccc(Br)cc2)ccc1Cl. The Morgan fingerprint density at radius 3 is 2.26 bits per heavy atom. The molecule has 6 nitrogen and oxygen atoms in total. The molecule has 0 heterocycles. The van der Waals surface area contributed by atoms with Crippen LogP contribution in [0.2, 0.25) is 5.02 Å². The Morgan fingerprint density at radius 1 is 1.07 bits per heavy atom. The summed E-state index contributed by atoms with van der Waals surface area (Å²) in [5.41, 5.74) is 1.17. The molecule has 0 fully saturated rings. The van der Waals surface area contributed by atoms with Crippen molar-refractivity contribution >= 4 is 54.8 Å². The van der Waals surface area contributed by atoms with Gasteiger partial charge in [0.2, 0.25) is 15.9 Å². The van der Waals surface area contributed by atoms with Crippen molar-refractivity contribution in [3.8, 4) is 0 Å². The average molecular weight is 475 g/mol. The second kappa shape index (κ2) is 9.54. The van der Waals surface area contributed by atoms with Gasteiger partial charge < -0.3 is 10.6 Å². The summed E-state index contributed by atoms with van der Waals surface area (Å²) in [5, 5.41) is 5.83. The highest BCUT2D eigenvalue weighted by atomic mass is 79.9. The lowest BCUT2D eigenvalue weighted by molar-refractivity contribution is -0.114. The van der Waals surface area contributed by atoms with Gasteiger partial charge in [0, 0.05) is 28.9 Å². The number of hydrogen-bond acceptors (Lipinski definition) is 4. The van der Waals surface area contributed by atoms with Crippen LogP contribution in [0.4, 0.5) is 11.4 Å². The molecular weight excluding hydrogens is 454 g/mol. The van der Waals surface area contributed by atoms with E-state index in [-0.39, 0.29) is 22.4 Å². The second-order valence-electron chi connectivity index (χ2n) is 5.64. The molecule has 2 aromatic rings. The zero-order chi connectivity index (χ0) is 20.0. The van der Waals surface area contributed by atoms with E-state index in [9.17, 15) is 13.2 Å². The second-order valence-corrected chi connectivity index (χ2v) is 8.87. The average Bonchev–Trinajstić information content (AvgIpc) is 2.63. The van der Waals surface area contributed by atoms with Crippen molar-refractivity contribution < 1.29 is 13.2 Å². The van der Waals surface area contributed by atoms with Gasteiger partial charge in [-0.15, -0.1) is 0 Å². The minimum absolute atomic E-state index is 0.0115. The summed E-state index contributed by atoms with van der Waals surface area (Å²) in [5.74, 6) is -0.250. The summed E-state index contributed by atoms with van der Waals surface area (Å²) in [4.78, 5) is 12.1. The van der Waals surface area contributed by atoms with E-state index in [1.54, 1.807) is 32.0 Å². The highest BCUT2D eigenvalue weighted by Gasteiger charge is 2.24. The minimum atomic E-state index is -3.69. The van der Waals surface area contributed by atoms with E-state index in [0.717, 1.165) is 4.47 Å². The third-order valence-electron chi connectivity index (χ3n) is 3.84. The Labute approximate surface area is 173 Å². The summed E-state index contributed by atoms with van der Waals surface area (Å²) in [6.45, 7) is 4.22. The van der Waals surface area contributed by atoms with Crippen molar-refractivity contribution in [1.29, 1.82) is 0 Å². The molecule has 0 aliphatic heterocycles. The molecule has 2 N–H and O–H groups in total. The van der Waals surface area contributed by atoms with Gasteiger partial charge >= 0.3 is 0 Å². The molecule has 146 valence electrons. The molecule has 0 radical (unpaired) electrons. The monoisotopic (exact) mass is 473 g/mol. The maximum absolute atomic E-state index is 12.7. The van der Waals surface area contributed by atoms with Crippen LogP contribution in [-0.4, -0.2) is 38.3 Å². The largest absolute Gasteiger partial charge is 0.376 e. The van der Waals surface area contributed by atoms with E-state index in [2.05, 4.69) is 26.6 Å². The zero-order valence-electron chi connectivity index (χ0n) is 15.0. The Bertz CT molecular complexity index is 901. The topological polar surface area (TPSA) is 78.5 Å². The van der Waals surface area contributed by atoms with Gasteiger partial charge in [0.15, 0.2) is 0 Å². The predicted molar refractivity (Wildman–Crippen MR) is 113 cm³/mol. The molecule has 27 heavy (non-hydrogen) atoms. The highest BCUT2D eigenvalue weighted by molar-refractivity contribution is 9.10. The van der Waals surface area contributed by atoms with E-state index in [1.165, 1.54) is 16.4 Å². The number of nitrogens with zero attached hydrogens (tertiary/aromatic N) is 1. The van der Waals surface area contributed by atoms with Gasteiger partial charge in [-0.05, 0) is 42.5 Å². The van der Waals surface area contributed by atoms with Crippen LogP contribution in [0.25, 0.3) is 0 Å². The maximum Gasteiger partial charge on any atom is 0.244 e. The summed E-state index contributed by atoms with van der Waals surface area (Å²) in [7, 11) is -3.69. The van der Waals surface area contributed by atoms with Crippen molar-refractivity contribution in [2.24, 2.45) is 0 Å². The molecule has 0 aromatic heterocycles. The van der Waals surface area contributed by atoms with Gasteiger partial charge in [0.05, 0.1) is 11.6 Å². The number of amides is 1. The maximum atomic E-state index is 12.7. The van der Waals surface area contributed by atoms with Crippen LogP contribution in [0, 0.1) is 0 Å². The van der Waals surface area contributed by atoms with Crippen molar-refractivity contribution in [3.63, 3.8) is 0 Å². The Kier molecular flexibility index (Phi) is 7.67. The number of anilines is 2. The number of benzene rings is 2. The summed E-state index contributed by atoms with van der Waals surface area (Å²) in [6.07, 6.45) is 0. The first-order valence-electron chi connectivity index (χ1n) is 8.37. The summed E-state index contributed by atoms with van der Waals surface area (Å²) >= 11 is 9.44. The molecule has 9 heteroatoms. The quantitative estimate of drug-likeness (QED) is 0.601.